The third-order valence-corrected chi connectivity index (χ3v) is 20.4. The van der Waals surface area contributed by atoms with E-state index in [0.29, 0.717) is 18.4 Å². The summed E-state index contributed by atoms with van der Waals surface area (Å²) in [4.78, 5) is 237. The van der Waals surface area contributed by atoms with Gasteiger partial charge in [0.1, 0.15) is 90.6 Å². The molecule has 1 aromatic rings. The molecule has 0 radical (unpaired) electrons. The maximum atomic E-state index is 14.6. The second kappa shape index (κ2) is 60.7. The number of thioether (sulfide) groups is 1. The third kappa shape index (κ3) is 42.9. The minimum absolute atomic E-state index is 0.00576. The van der Waals surface area contributed by atoms with Gasteiger partial charge in [-0.25, -0.2) is 0 Å². The van der Waals surface area contributed by atoms with Gasteiger partial charge >= 0.3 is 0 Å². The predicted molar refractivity (Wildman–Crippen MR) is 465 cm³/mol. The minimum Gasteiger partial charge on any atom is -0.394 e. The molecule has 20 atom stereocenters. The highest BCUT2D eigenvalue weighted by Gasteiger charge is 2.41. The first-order valence-corrected chi connectivity index (χ1v) is 43.6. The highest BCUT2D eigenvalue weighted by atomic mass is 32.2. The zero-order valence-corrected chi connectivity index (χ0v) is 75.0. The summed E-state index contributed by atoms with van der Waals surface area (Å²) in [5, 5.41) is 95.5. The van der Waals surface area contributed by atoms with Crippen LogP contribution in [0.2, 0.25) is 0 Å². The standard InChI is InChI=1S/C81H136N22O22S/c1-15-26-52(69(113)88-45(8)68(112)95-59(39-51-27-18-17-19-28-51)76(120)94-54(30-21-24-34-83)72(116)100-65(48(11)107)79(123)97-58(38-43(5)6)75(119)98-60(41-104)67(84)111)91-70(114)53(29-20-23-33-82)93-74(118)57(37-42(3)4)96-78(122)64(47(10)106)101-73(117)55(31-22-25-35-87-103-85)92-71(115)56(32-36-126-14)90-61(110)40-86-77(121)62(44(7)16-2)99-81(125)66(49(12)108)102-80(124)63(46(9)105)89-50(13)109/h1,17-19,27-28,42-49,52-60,62-66,104-108H,16,20-26,29-41,82-83H2,2-14H3,(H2,84,111)(H,86,121)(H,88,113)(H,89,109)(H,90,110)(H,91,114)(H,92,115)(H,93,118)(H,94,120)(H,95,112)(H,96,122)(H,97,123)(H,98,119)(H,99,125)(H,100,116)(H,101,117)(H,102,124)/t44-,45-,46+,47+,48+,49+,52+,53-,54-,55-,56-,57-,58-,59-,60-,62-,63-,64-,65-,66-/m0/s1. The zero-order chi connectivity index (χ0) is 95.6. The molecular formula is C81H136N22O22S. The Morgan fingerprint density at radius 3 is 1.21 bits per heavy atom. The van der Waals surface area contributed by atoms with Crippen LogP contribution in [0.1, 0.15) is 179 Å². The summed E-state index contributed by atoms with van der Waals surface area (Å²) >= 11 is 1.29. The number of azide groups is 1. The number of unbranched alkanes of at least 4 members (excludes halogenated alkanes) is 3. The fraction of sp³-hybridized carbons (Fsp3) is 0.691. The molecule has 0 heterocycles. The number of nitrogens with one attached hydrogen (secondary N) is 16. The summed E-state index contributed by atoms with van der Waals surface area (Å²) < 4.78 is 0. The monoisotopic (exact) mass is 1800 g/mol. The van der Waals surface area contributed by atoms with Gasteiger partial charge in [0.25, 0.3) is 0 Å². The quantitative estimate of drug-likeness (QED) is 0.00950. The lowest BCUT2D eigenvalue weighted by molar-refractivity contribution is -0.137. The topological polar surface area (TPSA) is 711 Å². The van der Waals surface area contributed by atoms with Crippen molar-refractivity contribution in [2.45, 2.75) is 294 Å². The molecule has 0 saturated heterocycles. The minimum atomic E-state index is -1.86. The van der Waals surface area contributed by atoms with Gasteiger partial charge in [-0.15, -0.1) is 12.3 Å². The van der Waals surface area contributed by atoms with Gasteiger partial charge in [0, 0.05) is 31.2 Å². The van der Waals surface area contributed by atoms with Crippen molar-refractivity contribution < 1.29 is 107 Å². The number of benzene rings is 1. The molecule has 1 rings (SSSR count). The number of nitrogens with zero attached hydrogens (tertiary/aromatic N) is 3. The van der Waals surface area contributed by atoms with Gasteiger partial charge in [-0.3, -0.25) is 81.5 Å². The number of terminal acetylenes is 1. The summed E-state index contributed by atoms with van der Waals surface area (Å²) in [5.74, 6) is -15.1. The highest BCUT2D eigenvalue weighted by Crippen LogP contribution is 2.16. The number of primary amides is 1. The van der Waals surface area contributed by atoms with Crippen LogP contribution in [-0.4, -0.2) is 286 Å². The van der Waals surface area contributed by atoms with Crippen molar-refractivity contribution in [3.8, 4) is 12.3 Å². The van der Waals surface area contributed by atoms with Crippen molar-refractivity contribution in [1.29, 1.82) is 0 Å². The Morgan fingerprint density at radius 1 is 0.452 bits per heavy atom. The molecule has 0 saturated carbocycles. The predicted octanol–water partition coefficient (Wildman–Crippen LogP) is -5.69. The lowest BCUT2D eigenvalue weighted by Gasteiger charge is -2.29. The Bertz CT molecular complexity index is 3810. The van der Waals surface area contributed by atoms with Gasteiger partial charge in [0.2, 0.25) is 100 Å². The van der Waals surface area contributed by atoms with Crippen molar-refractivity contribution in [3.63, 3.8) is 0 Å². The number of amides is 17. The molecule has 17 amide bonds. The second-order valence-corrected chi connectivity index (χ2v) is 32.8. The van der Waals surface area contributed by atoms with Crippen molar-refractivity contribution in [2.75, 3.05) is 44.8 Å². The van der Waals surface area contributed by atoms with Crippen LogP contribution in [0.3, 0.4) is 0 Å². The highest BCUT2D eigenvalue weighted by molar-refractivity contribution is 7.98. The van der Waals surface area contributed by atoms with Gasteiger partial charge in [0.05, 0.1) is 37.6 Å². The van der Waals surface area contributed by atoms with Crippen molar-refractivity contribution in [2.24, 2.45) is 40.1 Å². The van der Waals surface area contributed by atoms with E-state index in [4.69, 9.17) is 29.2 Å². The fourth-order valence-corrected chi connectivity index (χ4v) is 13.0. The van der Waals surface area contributed by atoms with Gasteiger partial charge < -0.3 is 128 Å². The SMILES string of the molecule is C#CC[C@@H](NC(=O)[C@H](CCCCN)NC(=O)[C@H](CC(C)C)NC(=O)[C@@H](NC(=O)[C@H](CCCCN=[N+]=[N-])NC(=O)[C@H](CCSC)NC(=O)CNC(=O)[C@@H](NC(=O)[C@@H](NC(=O)[C@@H](NC(C)=O)[C@@H](C)O)[C@@H](C)O)[C@@H](C)CC)[C@@H](C)O)C(=O)N[C@@H](C)C(=O)N[C@@H](Cc1ccccc1)C(=O)N[C@@H](CCCCN)C(=O)N[C@H](C(=O)N[C@@H](CC(C)C)C(=O)N[C@@H](CO)C(N)=O)[C@@H](C)O. The van der Waals surface area contributed by atoms with Gasteiger partial charge in [0.15, 0.2) is 0 Å². The number of carbonyl (C=O) groups is 17. The van der Waals surface area contributed by atoms with Crippen molar-refractivity contribution in [1.82, 2.24) is 85.1 Å². The molecule has 45 heteroatoms. The maximum absolute atomic E-state index is 14.6. The molecule has 0 spiro atoms. The van der Waals surface area contributed by atoms with Crippen LogP contribution in [0.4, 0.5) is 0 Å². The molecule has 1 aromatic carbocycles. The normalized spacial score (nSPS) is 15.9. The molecule has 0 unspecified atom stereocenters. The number of aliphatic hydroxyl groups is 5. The summed E-state index contributed by atoms with van der Waals surface area (Å²) in [7, 11) is 0. The lowest BCUT2D eigenvalue weighted by Crippen LogP contribution is -2.62. The number of hydrogen-bond acceptors (Lipinski definition) is 26. The molecule has 0 bridgehead atoms. The van der Waals surface area contributed by atoms with Crippen LogP contribution in [0.25, 0.3) is 10.4 Å². The van der Waals surface area contributed by atoms with E-state index < -0.39 is 241 Å². The Labute approximate surface area is 739 Å². The second-order valence-electron chi connectivity index (χ2n) is 31.8. The van der Waals surface area contributed by atoms with Gasteiger partial charge in [-0.2, -0.15) is 11.8 Å². The third-order valence-electron chi connectivity index (χ3n) is 19.8. The van der Waals surface area contributed by atoms with E-state index in [1.165, 1.54) is 39.5 Å². The molecule has 708 valence electrons. The van der Waals surface area contributed by atoms with E-state index in [2.05, 4.69) is 101 Å². The van der Waals surface area contributed by atoms with E-state index in [-0.39, 0.29) is 114 Å². The molecule has 0 aromatic heterocycles. The number of rotatable bonds is 62. The smallest absolute Gasteiger partial charge is 0.245 e. The molecule has 0 fully saturated rings. The first-order chi connectivity index (χ1) is 59.4. The molecule has 0 aliphatic carbocycles. The maximum Gasteiger partial charge on any atom is 0.245 e. The molecule has 0 aliphatic heterocycles. The molecule has 44 nitrogen and oxygen atoms in total. The average molecular weight is 1800 g/mol. The van der Waals surface area contributed by atoms with Crippen LogP contribution >= 0.6 is 11.8 Å². The number of nitrogens with two attached hydrogens (primary N) is 3. The van der Waals surface area contributed by atoms with Crippen LogP contribution < -0.4 is 102 Å². The van der Waals surface area contributed by atoms with E-state index in [9.17, 15) is 107 Å². The molecule has 0 aliphatic rings. The molecule has 27 N–H and O–H groups in total. The van der Waals surface area contributed by atoms with E-state index in [1.54, 1.807) is 78.1 Å². The van der Waals surface area contributed by atoms with Crippen LogP contribution in [0, 0.1) is 30.1 Å². The van der Waals surface area contributed by atoms with Gasteiger partial charge in [-0.1, -0.05) is 89.8 Å². The fourth-order valence-electron chi connectivity index (χ4n) is 12.5. The number of aliphatic hydroxyl groups excluding tert-OH is 5. The van der Waals surface area contributed by atoms with Gasteiger partial charge in [-0.05, 0) is 159 Å². The summed E-state index contributed by atoms with van der Waals surface area (Å²) in [6.45, 7) is 15.9. The van der Waals surface area contributed by atoms with Crippen LogP contribution in [0.15, 0.2) is 35.4 Å². The first kappa shape index (κ1) is 113. The largest absolute Gasteiger partial charge is 0.394 e. The Balaban J connectivity index is 3.62. The summed E-state index contributed by atoms with van der Waals surface area (Å²) in [6, 6.07) is -14.7. The van der Waals surface area contributed by atoms with E-state index in [0.717, 1.165) is 13.8 Å². The summed E-state index contributed by atoms with van der Waals surface area (Å²) in [5.41, 5.74) is 26.4. The van der Waals surface area contributed by atoms with Crippen LogP contribution in [0.5, 0.6) is 0 Å². The van der Waals surface area contributed by atoms with Crippen LogP contribution in [-0.2, 0) is 87.9 Å². The zero-order valence-electron chi connectivity index (χ0n) is 74.2. The molecular weight excluding hydrogens is 1670 g/mol. The average Bonchev–Trinajstić information content (AvgIpc) is 0.851. The Morgan fingerprint density at radius 2 is 0.817 bits per heavy atom. The van der Waals surface area contributed by atoms with Crippen molar-refractivity contribution in [3.05, 3.63) is 46.3 Å². The lowest BCUT2D eigenvalue weighted by atomic mass is 9.97. The van der Waals surface area contributed by atoms with E-state index >= 15 is 0 Å². The first-order valence-electron chi connectivity index (χ1n) is 42.2. The number of carbonyl (C=O) groups excluding carboxylic acids is 17. The van der Waals surface area contributed by atoms with E-state index in [1.807, 2.05) is 0 Å². The number of hydrogen-bond donors (Lipinski definition) is 24. The van der Waals surface area contributed by atoms with Crippen molar-refractivity contribution >= 4 is 112 Å². The summed E-state index contributed by atoms with van der Waals surface area (Å²) in [6.07, 6.45) is 1.62. The molecule has 126 heavy (non-hydrogen) atoms. The Hall–Kier alpha value is -10.8. The Kier molecular flexibility index (Phi) is 54.5.